The van der Waals surface area contributed by atoms with E-state index < -0.39 is 11.6 Å². The first-order chi connectivity index (χ1) is 9.56. The smallest absolute Gasteiger partial charge is 0.126 e. The average Bonchev–Trinajstić information content (AvgIpc) is 2.40. The second-order valence-corrected chi connectivity index (χ2v) is 4.90. The molecule has 5 heteroatoms. The summed E-state index contributed by atoms with van der Waals surface area (Å²) in [6.45, 7) is 5.09. The summed E-state index contributed by atoms with van der Waals surface area (Å²) < 4.78 is 31.6. The van der Waals surface area contributed by atoms with Gasteiger partial charge in [-0.05, 0) is 44.3 Å². The molecule has 0 radical (unpaired) electrons. The summed E-state index contributed by atoms with van der Waals surface area (Å²) >= 11 is 0. The standard InChI is InChI=1S/C15H24F2N2O/c1-4-18-15(5-6-19(2)7-8-20-3)12-9-13(16)11-14(17)10-12/h9-11,15,18H,4-8H2,1-3H3. The second-order valence-electron chi connectivity index (χ2n) is 4.90. The van der Waals surface area contributed by atoms with E-state index in [1.54, 1.807) is 7.11 Å². The highest BCUT2D eigenvalue weighted by atomic mass is 19.1. The molecular weight excluding hydrogens is 262 g/mol. The fourth-order valence-corrected chi connectivity index (χ4v) is 2.12. The second kappa shape index (κ2) is 9.00. The maximum Gasteiger partial charge on any atom is 0.126 e. The molecule has 0 aliphatic rings. The van der Waals surface area contributed by atoms with Crippen LogP contribution in [0.1, 0.15) is 24.9 Å². The predicted octanol–water partition coefficient (Wildman–Crippen LogP) is 2.58. The number of nitrogens with one attached hydrogen (secondary N) is 1. The van der Waals surface area contributed by atoms with Crippen molar-refractivity contribution >= 4 is 0 Å². The van der Waals surface area contributed by atoms with E-state index in [1.807, 2.05) is 14.0 Å². The van der Waals surface area contributed by atoms with Gasteiger partial charge in [0.2, 0.25) is 0 Å². The highest BCUT2D eigenvalue weighted by Crippen LogP contribution is 2.19. The number of hydrogen-bond donors (Lipinski definition) is 1. The zero-order valence-corrected chi connectivity index (χ0v) is 12.5. The Morgan fingerprint density at radius 3 is 2.40 bits per heavy atom. The maximum atomic E-state index is 13.3. The lowest BCUT2D eigenvalue weighted by molar-refractivity contribution is 0.159. The van der Waals surface area contributed by atoms with Crippen LogP contribution in [-0.2, 0) is 4.74 Å². The van der Waals surface area contributed by atoms with Crippen molar-refractivity contribution in [3.63, 3.8) is 0 Å². The van der Waals surface area contributed by atoms with Crippen molar-refractivity contribution in [2.75, 3.05) is 40.4 Å². The summed E-state index contributed by atoms with van der Waals surface area (Å²) in [6, 6.07) is 3.64. The Balaban J connectivity index is 2.63. The van der Waals surface area contributed by atoms with Gasteiger partial charge in [0.15, 0.2) is 0 Å². The minimum absolute atomic E-state index is 0.0461. The van der Waals surface area contributed by atoms with Crippen LogP contribution in [0.15, 0.2) is 18.2 Å². The van der Waals surface area contributed by atoms with Crippen molar-refractivity contribution in [1.29, 1.82) is 0 Å². The van der Waals surface area contributed by atoms with Gasteiger partial charge in [-0.1, -0.05) is 6.92 Å². The van der Waals surface area contributed by atoms with Crippen LogP contribution in [0.25, 0.3) is 0 Å². The number of hydrogen-bond acceptors (Lipinski definition) is 3. The summed E-state index contributed by atoms with van der Waals surface area (Å²) in [4.78, 5) is 2.14. The Kier molecular flexibility index (Phi) is 7.65. The normalized spacial score (nSPS) is 12.9. The van der Waals surface area contributed by atoms with Crippen LogP contribution in [0.5, 0.6) is 0 Å². The molecule has 1 atom stereocenters. The molecule has 1 rings (SSSR count). The van der Waals surface area contributed by atoms with E-state index >= 15 is 0 Å². The van der Waals surface area contributed by atoms with Crippen LogP contribution in [-0.4, -0.2) is 45.3 Å². The number of likely N-dealkylation sites (N-methyl/N-ethyl adjacent to an activating group) is 1. The number of rotatable bonds is 9. The van der Waals surface area contributed by atoms with E-state index in [9.17, 15) is 8.78 Å². The molecule has 0 saturated carbocycles. The maximum absolute atomic E-state index is 13.3. The number of benzene rings is 1. The van der Waals surface area contributed by atoms with Crippen molar-refractivity contribution < 1.29 is 13.5 Å². The van der Waals surface area contributed by atoms with Gasteiger partial charge in [0.25, 0.3) is 0 Å². The molecule has 0 amide bonds. The molecule has 0 aliphatic carbocycles. The van der Waals surface area contributed by atoms with Crippen molar-refractivity contribution in [2.24, 2.45) is 0 Å². The Morgan fingerprint density at radius 2 is 1.85 bits per heavy atom. The number of methoxy groups -OCH3 is 1. The minimum atomic E-state index is -0.532. The van der Waals surface area contributed by atoms with Gasteiger partial charge in [-0.15, -0.1) is 0 Å². The molecule has 0 aliphatic heterocycles. The van der Waals surface area contributed by atoms with Crippen molar-refractivity contribution in [2.45, 2.75) is 19.4 Å². The van der Waals surface area contributed by atoms with Gasteiger partial charge in [0, 0.05) is 25.8 Å². The molecule has 0 fully saturated rings. The molecule has 0 bridgehead atoms. The van der Waals surface area contributed by atoms with Gasteiger partial charge in [-0.3, -0.25) is 0 Å². The van der Waals surface area contributed by atoms with Crippen molar-refractivity contribution in [3.8, 4) is 0 Å². The highest BCUT2D eigenvalue weighted by molar-refractivity contribution is 5.21. The largest absolute Gasteiger partial charge is 0.383 e. The van der Waals surface area contributed by atoms with Gasteiger partial charge < -0.3 is 15.0 Å². The number of nitrogens with zero attached hydrogens (tertiary/aromatic N) is 1. The molecule has 0 aromatic heterocycles. The third-order valence-corrected chi connectivity index (χ3v) is 3.21. The van der Waals surface area contributed by atoms with Gasteiger partial charge in [0.05, 0.1) is 6.61 Å². The van der Waals surface area contributed by atoms with Gasteiger partial charge in [-0.2, -0.15) is 0 Å². The lowest BCUT2D eigenvalue weighted by Crippen LogP contribution is -2.29. The van der Waals surface area contributed by atoms with Crippen LogP contribution in [0.2, 0.25) is 0 Å². The molecule has 1 unspecified atom stereocenters. The molecule has 1 aromatic carbocycles. The fraction of sp³-hybridized carbons (Fsp3) is 0.600. The zero-order valence-electron chi connectivity index (χ0n) is 12.5. The van der Waals surface area contributed by atoms with E-state index in [1.165, 1.54) is 12.1 Å². The van der Waals surface area contributed by atoms with Crippen LogP contribution in [0.4, 0.5) is 8.78 Å². The quantitative estimate of drug-likeness (QED) is 0.755. The zero-order chi connectivity index (χ0) is 15.0. The molecule has 0 saturated heterocycles. The summed E-state index contributed by atoms with van der Waals surface area (Å²) in [7, 11) is 3.68. The van der Waals surface area contributed by atoms with Gasteiger partial charge in [0.1, 0.15) is 11.6 Å². The third-order valence-electron chi connectivity index (χ3n) is 3.21. The monoisotopic (exact) mass is 286 g/mol. The van der Waals surface area contributed by atoms with Crippen molar-refractivity contribution in [1.82, 2.24) is 10.2 Å². The molecule has 3 nitrogen and oxygen atoms in total. The topological polar surface area (TPSA) is 24.5 Å². The van der Waals surface area contributed by atoms with E-state index in [0.29, 0.717) is 12.2 Å². The van der Waals surface area contributed by atoms with E-state index in [0.717, 1.165) is 32.1 Å². The lowest BCUT2D eigenvalue weighted by atomic mass is 10.0. The summed E-state index contributed by atoms with van der Waals surface area (Å²) in [5.74, 6) is -1.06. The first-order valence-electron chi connectivity index (χ1n) is 6.93. The number of ether oxygens (including phenoxy) is 1. The molecule has 114 valence electrons. The van der Waals surface area contributed by atoms with Crippen molar-refractivity contribution in [3.05, 3.63) is 35.4 Å². The molecule has 1 N–H and O–H groups in total. The molecule has 0 heterocycles. The van der Waals surface area contributed by atoms with Gasteiger partial charge in [-0.25, -0.2) is 8.78 Å². The van der Waals surface area contributed by atoms with E-state index in [2.05, 4.69) is 10.2 Å². The first kappa shape index (κ1) is 17.0. The summed E-state index contributed by atoms with van der Waals surface area (Å²) in [6.07, 6.45) is 0.789. The Bertz CT molecular complexity index is 381. The minimum Gasteiger partial charge on any atom is -0.383 e. The summed E-state index contributed by atoms with van der Waals surface area (Å²) in [5, 5.41) is 3.27. The SMILES string of the molecule is CCNC(CCN(C)CCOC)c1cc(F)cc(F)c1. The van der Waals surface area contributed by atoms with Crippen LogP contribution in [0, 0.1) is 11.6 Å². The van der Waals surface area contributed by atoms with Crippen LogP contribution < -0.4 is 5.32 Å². The highest BCUT2D eigenvalue weighted by Gasteiger charge is 2.13. The molecule has 0 spiro atoms. The lowest BCUT2D eigenvalue weighted by Gasteiger charge is -2.22. The van der Waals surface area contributed by atoms with E-state index in [-0.39, 0.29) is 6.04 Å². The van der Waals surface area contributed by atoms with Crippen LogP contribution >= 0.6 is 0 Å². The van der Waals surface area contributed by atoms with Crippen LogP contribution in [0.3, 0.4) is 0 Å². The van der Waals surface area contributed by atoms with E-state index in [4.69, 9.17) is 4.74 Å². The Morgan fingerprint density at radius 1 is 1.20 bits per heavy atom. The molecule has 20 heavy (non-hydrogen) atoms. The third kappa shape index (κ3) is 5.94. The Hall–Kier alpha value is -1.04. The Labute approximate surface area is 119 Å². The number of halogens is 2. The predicted molar refractivity (Wildman–Crippen MR) is 76.8 cm³/mol. The molecule has 1 aromatic rings. The fourth-order valence-electron chi connectivity index (χ4n) is 2.12. The first-order valence-corrected chi connectivity index (χ1v) is 6.93. The molecular formula is C15H24F2N2O. The van der Waals surface area contributed by atoms with Gasteiger partial charge >= 0.3 is 0 Å². The average molecular weight is 286 g/mol. The summed E-state index contributed by atoms with van der Waals surface area (Å²) in [5.41, 5.74) is 0.657.